The van der Waals surface area contributed by atoms with E-state index in [4.69, 9.17) is 4.74 Å². The Morgan fingerprint density at radius 1 is 1.47 bits per heavy atom. The summed E-state index contributed by atoms with van der Waals surface area (Å²) in [6.45, 7) is 7.23. The van der Waals surface area contributed by atoms with Crippen molar-refractivity contribution in [1.82, 2.24) is 14.5 Å². The minimum absolute atomic E-state index is 0.722. The van der Waals surface area contributed by atoms with Gasteiger partial charge in [0.15, 0.2) is 0 Å². The maximum atomic E-state index is 5.36. The molecule has 0 aliphatic rings. The van der Waals surface area contributed by atoms with Crippen LogP contribution < -0.4 is 5.32 Å². The third-order valence-electron chi connectivity index (χ3n) is 2.67. The topological polar surface area (TPSA) is 52.0 Å². The molecule has 5 nitrogen and oxygen atoms in total. The van der Waals surface area contributed by atoms with Crippen LogP contribution in [0.25, 0.3) is 0 Å². The van der Waals surface area contributed by atoms with Crippen molar-refractivity contribution in [2.75, 3.05) is 18.5 Å². The number of aromatic nitrogens is 3. The zero-order valence-electron chi connectivity index (χ0n) is 11.4. The summed E-state index contributed by atoms with van der Waals surface area (Å²) in [5.41, 5.74) is 1.03. The van der Waals surface area contributed by atoms with Crippen LogP contribution in [0.4, 0.5) is 5.95 Å². The standard InChI is InChI=1S/C13H20N4OS/c1-3-18-7-4-6-17-10-11(2)16-13(17)15-9-12-14-5-8-19-12/h5,8,10H,3-4,6-7,9H2,1-2H3,(H,15,16). The normalized spacial score (nSPS) is 10.8. The quantitative estimate of drug-likeness (QED) is 0.755. The zero-order chi connectivity index (χ0) is 13.5. The summed E-state index contributed by atoms with van der Waals surface area (Å²) in [7, 11) is 0. The average Bonchev–Trinajstić information content (AvgIpc) is 3.02. The number of nitrogens with zero attached hydrogens (tertiary/aromatic N) is 3. The first-order valence-corrected chi connectivity index (χ1v) is 7.41. The minimum atomic E-state index is 0.722. The highest BCUT2D eigenvalue weighted by Gasteiger charge is 2.05. The van der Waals surface area contributed by atoms with Crippen molar-refractivity contribution in [1.29, 1.82) is 0 Å². The van der Waals surface area contributed by atoms with Gasteiger partial charge in [-0.25, -0.2) is 9.97 Å². The number of anilines is 1. The van der Waals surface area contributed by atoms with Gasteiger partial charge in [0.05, 0.1) is 12.2 Å². The molecule has 19 heavy (non-hydrogen) atoms. The van der Waals surface area contributed by atoms with Gasteiger partial charge in [-0.05, 0) is 20.3 Å². The Bertz CT molecular complexity index is 481. The van der Waals surface area contributed by atoms with Crippen LogP contribution in [0.2, 0.25) is 0 Å². The van der Waals surface area contributed by atoms with Gasteiger partial charge in [-0.2, -0.15) is 0 Å². The smallest absolute Gasteiger partial charge is 0.203 e. The molecule has 1 N–H and O–H groups in total. The van der Waals surface area contributed by atoms with Gasteiger partial charge in [0.25, 0.3) is 0 Å². The molecule has 0 spiro atoms. The molecule has 0 unspecified atom stereocenters. The molecule has 104 valence electrons. The summed E-state index contributed by atoms with van der Waals surface area (Å²) in [5.74, 6) is 0.907. The van der Waals surface area contributed by atoms with Gasteiger partial charge in [-0.1, -0.05) is 0 Å². The zero-order valence-corrected chi connectivity index (χ0v) is 12.2. The third kappa shape index (κ3) is 4.33. The SMILES string of the molecule is CCOCCCn1cc(C)nc1NCc1nccs1. The molecule has 2 aromatic heterocycles. The van der Waals surface area contributed by atoms with Crippen molar-refractivity contribution in [3.05, 3.63) is 28.5 Å². The Morgan fingerprint density at radius 2 is 2.37 bits per heavy atom. The molecular weight excluding hydrogens is 260 g/mol. The molecule has 0 bridgehead atoms. The van der Waals surface area contributed by atoms with E-state index >= 15 is 0 Å². The van der Waals surface area contributed by atoms with E-state index in [9.17, 15) is 0 Å². The number of hydrogen-bond donors (Lipinski definition) is 1. The second-order valence-corrected chi connectivity index (χ2v) is 5.21. The van der Waals surface area contributed by atoms with E-state index in [0.29, 0.717) is 0 Å². The minimum Gasteiger partial charge on any atom is -0.382 e. The highest BCUT2D eigenvalue weighted by molar-refractivity contribution is 7.09. The van der Waals surface area contributed by atoms with Crippen molar-refractivity contribution >= 4 is 17.3 Å². The predicted molar refractivity (Wildman–Crippen MR) is 77.5 cm³/mol. The molecule has 2 rings (SSSR count). The maximum absolute atomic E-state index is 5.36. The van der Waals surface area contributed by atoms with Gasteiger partial charge < -0.3 is 14.6 Å². The van der Waals surface area contributed by atoms with Crippen LogP contribution >= 0.6 is 11.3 Å². The Morgan fingerprint density at radius 3 is 3.11 bits per heavy atom. The van der Waals surface area contributed by atoms with Crippen LogP contribution in [0, 0.1) is 6.92 Å². The largest absolute Gasteiger partial charge is 0.382 e. The fourth-order valence-corrected chi connectivity index (χ4v) is 2.39. The van der Waals surface area contributed by atoms with Crippen molar-refractivity contribution in [3.63, 3.8) is 0 Å². The lowest BCUT2D eigenvalue weighted by atomic mass is 10.4. The number of rotatable bonds is 8. The average molecular weight is 280 g/mol. The molecule has 0 saturated carbocycles. The number of nitrogens with one attached hydrogen (secondary N) is 1. The first-order chi connectivity index (χ1) is 9.29. The fraction of sp³-hybridized carbons (Fsp3) is 0.538. The summed E-state index contributed by atoms with van der Waals surface area (Å²) in [6.07, 6.45) is 4.88. The molecular formula is C13H20N4OS. The molecule has 0 saturated heterocycles. The van der Waals surface area contributed by atoms with Gasteiger partial charge in [-0.15, -0.1) is 11.3 Å². The van der Waals surface area contributed by atoms with E-state index in [1.807, 2.05) is 25.4 Å². The lowest BCUT2D eigenvalue weighted by Crippen LogP contribution is -2.08. The number of aryl methyl sites for hydroxylation is 2. The van der Waals surface area contributed by atoms with Gasteiger partial charge in [0.1, 0.15) is 5.01 Å². The van der Waals surface area contributed by atoms with Gasteiger partial charge in [-0.3, -0.25) is 0 Å². The molecule has 2 heterocycles. The van der Waals surface area contributed by atoms with Gasteiger partial charge in [0, 0.05) is 37.5 Å². The number of imidazole rings is 1. The molecule has 0 atom stereocenters. The second kappa shape index (κ2) is 7.25. The van der Waals surface area contributed by atoms with Crippen LogP contribution in [0.1, 0.15) is 24.0 Å². The van der Waals surface area contributed by atoms with Crippen molar-refractivity contribution in [2.24, 2.45) is 0 Å². The Labute approximate surface area is 117 Å². The summed E-state index contributed by atoms with van der Waals surface area (Å²) >= 11 is 1.65. The fourth-order valence-electron chi connectivity index (χ4n) is 1.83. The van der Waals surface area contributed by atoms with Crippen LogP contribution in [0.15, 0.2) is 17.8 Å². The molecule has 0 aromatic carbocycles. The summed E-state index contributed by atoms with van der Waals surface area (Å²) < 4.78 is 7.50. The first-order valence-electron chi connectivity index (χ1n) is 6.53. The van der Waals surface area contributed by atoms with Crippen molar-refractivity contribution in [3.8, 4) is 0 Å². The third-order valence-corrected chi connectivity index (χ3v) is 3.45. The Balaban J connectivity index is 1.88. The molecule has 0 fully saturated rings. The molecule has 0 radical (unpaired) electrons. The molecule has 0 aliphatic carbocycles. The second-order valence-electron chi connectivity index (χ2n) is 4.23. The van der Waals surface area contributed by atoms with Gasteiger partial charge in [0.2, 0.25) is 5.95 Å². The van der Waals surface area contributed by atoms with Crippen LogP contribution in [-0.4, -0.2) is 27.7 Å². The lowest BCUT2D eigenvalue weighted by molar-refractivity contribution is 0.142. The van der Waals surface area contributed by atoms with Crippen LogP contribution in [0.5, 0.6) is 0 Å². The monoisotopic (exact) mass is 280 g/mol. The van der Waals surface area contributed by atoms with E-state index in [0.717, 1.165) is 49.4 Å². The maximum Gasteiger partial charge on any atom is 0.203 e. The van der Waals surface area contributed by atoms with Crippen LogP contribution in [-0.2, 0) is 17.8 Å². The van der Waals surface area contributed by atoms with Crippen molar-refractivity contribution in [2.45, 2.75) is 33.4 Å². The molecule has 0 amide bonds. The summed E-state index contributed by atoms with van der Waals surface area (Å²) in [6, 6.07) is 0. The first kappa shape index (κ1) is 14.0. The lowest BCUT2D eigenvalue weighted by Gasteiger charge is -2.08. The molecule has 6 heteroatoms. The molecule has 0 aliphatic heterocycles. The summed E-state index contributed by atoms with van der Waals surface area (Å²) in [5, 5.41) is 6.39. The number of ether oxygens (including phenoxy) is 1. The number of thiazole rings is 1. The van der Waals surface area contributed by atoms with Crippen LogP contribution in [0.3, 0.4) is 0 Å². The predicted octanol–water partition coefficient (Wildman–Crippen LogP) is 2.69. The molecule has 2 aromatic rings. The van der Waals surface area contributed by atoms with E-state index < -0.39 is 0 Å². The Kier molecular flexibility index (Phi) is 5.35. The van der Waals surface area contributed by atoms with Gasteiger partial charge >= 0.3 is 0 Å². The highest BCUT2D eigenvalue weighted by atomic mass is 32.1. The van der Waals surface area contributed by atoms with E-state index in [-0.39, 0.29) is 0 Å². The summed E-state index contributed by atoms with van der Waals surface area (Å²) in [4.78, 5) is 8.75. The van der Waals surface area contributed by atoms with E-state index in [2.05, 4.69) is 26.0 Å². The van der Waals surface area contributed by atoms with Crippen molar-refractivity contribution < 1.29 is 4.74 Å². The highest BCUT2D eigenvalue weighted by Crippen LogP contribution is 2.12. The van der Waals surface area contributed by atoms with E-state index in [1.165, 1.54) is 0 Å². The Hall–Kier alpha value is -1.40. The van der Waals surface area contributed by atoms with E-state index in [1.54, 1.807) is 11.3 Å². The number of hydrogen-bond acceptors (Lipinski definition) is 5.